The predicted molar refractivity (Wildman–Crippen MR) is 105 cm³/mol. The van der Waals surface area contributed by atoms with Gasteiger partial charge in [-0.2, -0.15) is 0 Å². The normalized spacial score (nSPS) is 15.0. The number of rotatable bonds is 5. The third-order valence-electron chi connectivity index (χ3n) is 3.32. The SMILES string of the molecule is O=C(COc1cccc(/C=C2\SC(=S)NC2=O)c1)Nc1ccc(O)cc1. The summed E-state index contributed by atoms with van der Waals surface area (Å²) in [6.45, 7) is -0.166. The highest BCUT2D eigenvalue weighted by atomic mass is 32.2. The van der Waals surface area contributed by atoms with E-state index >= 15 is 0 Å². The molecule has 0 saturated carbocycles. The van der Waals surface area contributed by atoms with Crippen LogP contribution in [0.15, 0.2) is 53.4 Å². The van der Waals surface area contributed by atoms with Crippen LogP contribution in [-0.2, 0) is 9.59 Å². The number of thiocarbonyl (C=S) groups is 1. The third-order valence-corrected chi connectivity index (χ3v) is 4.48. The summed E-state index contributed by atoms with van der Waals surface area (Å²) in [5.41, 5.74) is 1.33. The van der Waals surface area contributed by atoms with Crippen LogP contribution in [0.5, 0.6) is 11.5 Å². The molecule has 3 rings (SSSR count). The fourth-order valence-corrected chi connectivity index (χ4v) is 3.20. The molecule has 2 amide bonds. The van der Waals surface area contributed by atoms with Crippen LogP contribution in [0.1, 0.15) is 5.56 Å². The monoisotopic (exact) mass is 386 g/mol. The van der Waals surface area contributed by atoms with Crippen LogP contribution in [0.25, 0.3) is 6.08 Å². The van der Waals surface area contributed by atoms with Crippen molar-refractivity contribution in [3.05, 3.63) is 59.0 Å². The average Bonchev–Trinajstić information content (AvgIpc) is 2.93. The first-order chi connectivity index (χ1) is 12.5. The van der Waals surface area contributed by atoms with Crippen molar-refractivity contribution < 1.29 is 19.4 Å². The van der Waals surface area contributed by atoms with Crippen LogP contribution in [-0.4, -0.2) is 27.8 Å². The Bertz CT molecular complexity index is 894. The molecule has 0 aliphatic carbocycles. The minimum absolute atomic E-state index is 0.125. The molecule has 0 atom stereocenters. The summed E-state index contributed by atoms with van der Waals surface area (Å²) in [4.78, 5) is 24.1. The van der Waals surface area contributed by atoms with Gasteiger partial charge in [-0.3, -0.25) is 9.59 Å². The molecule has 0 spiro atoms. The van der Waals surface area contributed by atoms with Gasteiger partial charge in [-0.1, -0.05) is 36.1 Å². The largest absolute Gasteiger partial charge is 0.508 e. The number of amides is 2. The molecular formula is C18H14N2O4S2. The van der Waals surface area contributed by atoms with Gasteiger partial charge in [0.2, 0.25) is 0 Å². The Morgan fingerprint density at radius 2 is 2.04 bits per heavy atom. The molecule has 0 aromatic heterocycles. The quantitative estimate of drug-likeness (QED) is 0.416. The van der Waals surface area contributed by atoms with Crippen LogP contribution < -0.4 is 15.4 Å². The van der Waals surface area contributed by atoms with Gasteiger partial charge in [0.1, 0.15) is 15.8 Å². The molecule has 26 heavy (non-hydrogen) atoms. The standard InChI is InChI=1S/C18H14N2O4S2/c21-13-6-4-12(5-7-13)19-16(22)10-24-14-3-1-2-11(8-14)9-15-17(23)20-18(25)26-15/h1-9,21H,10H2,(H,19,22)(H,20,23,25)/b15-9-. The smallest absolute Gasteiger partial charge is 0.263 e. The number of carbonyl (C=O) groups is 2. The summed E-state index contributed by atoms with van der Waals surface area (Å²) in [6, 6.07) is 13.2. The first-order valence-corrected chi connectivity index (χ1v) is 8.79. The first-order valence-electron chi connectivity index (χ1n) is 7.56. The lowest BCUT2D eigenvalue weighted by atomic mass is 10.2. The molecule has 0 radical (unpaired) electrons. The summed E-state index contributed by atoms with van der Waals surface area (Å²) in [7, 11) is 0. The highest BCUT2D eigenvalue weighted by Gasteiger charge is 2.21. The average molecular weight is 386 g/mol. The predicted octanol–water partition coefficient (Wildman–Crippen LogP) is 2.90. The highest BCUT2D eigenvalue weighted by Crippen LogP contribution is 2.26. The Kier molecular flexibility index (Phi) is 5.55. The minimum Gasteiger partial charge on any atom is -0.508 e. The number of phenols is 1. The first kappa shape index (κ1) is 18.0. The number of aromatic hydroxyl groups is 1. The Labute approximate surface area is 159 Å². The second-order valence-electron chi connectivity index (χ2n) is 5.31. The van der Waals surface area contributed by atoms with Gasteiger partial charge in [0, 0.05) is 5.69 Å². The lowest BCUT2D eigenvalue weighted by Gasteiger charge is -2.08. The van der Waals surface area contributed by atoms with Gasteiger partial charge in [0.25, 0.3) is 11.8 Å². The second-order valence-corrected chi connectivity index (χ2v) is 7.03. The Hall–Kier alpha value is -2.84. The van der Waals surface area contributed by atoms with E-state index in [0.717, 1.165) is 5.56 Å². The zero-order chi connectivity index (χ0) is 18.5. The maximum atomic E-state index is 11.9. The lowest BCUT2D eigenvalue weighted by Crippen LogP contribution is -2.20. The number of benzene rings is 2. The Morgan fingerprint density at radius 1 is 1.27 bits per heavy atom. The summed E-state index contributed by atoms with van der Waals surface area (Å²) in [5.74, 6) is 0.0846. The summed E-state index contributed by atoms with van der Waals surface area (Å²) >= 11 is 6.16. The summed E-state index contributed by atoms with van der Waals surface area (Å²) < 4.78 is 5.92. The van der Waals surface area contributed by atoms with E-state index in [1.165, 1.54) is 23.9 Å². The van der Waals surface area contributed by atoms with Gasteiger partial charge in [0.05, 0.1) is 4.91 Å². The van der Waals surface area contributed by atoms with Gasteiger partial charge < -0.3 is 20.5 Å². The topological polar surface area (TPSA) is 87.7 Å². The van der Waals surface area contributed by atoms with E-state index in [-0.39, 0.29) is 24.2 Å². The molecule has 6 nitrogen and oxygen atoms in total. The molecular weight excluding hydrogens is 372 g/mol. The number of hydrogen-bond acceptors (Lipinski definition) is 6. The van der Waals surface area contributed by atoms with Crippen LogP contribution in [0.2, 0.25) is 0 Å². The van der Waals surface area contributed by atoms with E-state index in [1.807, 2.05) is 6.07 Å². The van der Waals surface area contributed by atoms with Gasteiger partial charge in [-0.15, -0.1) is 0 Å². The molecule has 0 bridgehead atoms. The molecule has 1 saturated heterocycles. The van der Waals surface area contributed by atoms with Crippen molar-refractivity contribution in [2.75, 3.05) is 11.9 Å². The van der Waals surface area contributed by atoms with Gasteiger partial charge in [0.15, 0.2) is 6.61 Å². The minimum atomic E-state index is -0.324. The number of hydrogen-bond donors (Lipinski definition) is 3. The molecule has 0 unspecified atom stereocenters. The number of anilines is 1. The van der Waals surface area contributed by atoms with Crippen molar-refractivity contribution in [3.63, 3.8) is 0 Å². The van der Waals surface area contributed by atoms with Crippen molar-refractivity contribution in [2.45, 2.75) is 0 Å². The number of carbonyl (C=O) groups excluding carboxylic acids is 2. The fraction of sp³-hybridized carbons (Fsp3) is 0.0556. The van der Waals surface area contributed by atoms with Crippen molar-refractivity contribution >= 4 is 51.9 Å². The van der Waals surface area contributed by atoms with E-state index in [9.17, 15) is 14.7 Å². The maximum absolute atomic E-state index is 11.9. The van der Waals surface area contributed by atoms with E-state index in [2.05, 4.69) is 10.6 Å². The van der Waals surface area contributed by atoms with Gasteiger partial charge >= 0.3 is 0 Å². The van der Waals surface area contributed by atoms with E-state index in [1.54, 1.807) is 36.4 Å². The summed E-state index contributed by atoms with van der Waals surface area (Å²) in [6.07, 6.45) is 1.71. The Balaban J connectivity index is 1.59. The van der Waals surface area contributed by atoms with Gasteiger partial charge in [-0.25, -0.2) is 0 Å². The van der Waals surface area contributed by atoms with Crippen molar-refractivity contribution in [1.82, 2.24) is 5.32 Å². The zero-order valence-electron chi connectivity index (χ0n) is 13.4. The number of ether oxygens (including phenoxy) is 1. The lowest BCUT2D eigenvalue weighted by molar-refractivity contribution is -0.118. The Morgan fingerprint density at radius 3 is 2.73 bits per heavy atom. The third kappa shape index (κ3) is 4.84. The highest BCUT2D eigenvalue weighted by molar-refractivity contribution is 8.26. The van der Waals surface area contributed by atoms with Crippen molar-refractivity contribution in [3.8, 4) is 11.5 Å². The van der Waals surface area contributed by atoms with E-state index in [0.29, 0.717) is 20.7 Å². The van der Waals surface area contributed by atoms with Gasteiger partial charge in [-0.05, 0) is 48.0 Å². The van der Waals surface area contributed by atoms with E-state index < -0.39 is 0 Å². The zero-order valence-corrected chi connectivity index (χ0v) is 15.0. The number of phenolic OH excluding ortho intramolecular Hbond substituents is 1. The molecule has 3 N–H and O–H groups in total. The second kappa shape index (κ2) is 8.03. The van der Waals surface area contributed by atoms with E-state index in [4.69, 9.17) is 17.0 Å². The molecule has 2 aromatic rings. The van der Waals surface area contributed by atoms with Crippen LogP contribution in [0, 0.1) is 0 Å². The molecule has 1 heterocycles. The maximum Gasteiger partial charge on any atom is 0.263 e. The number of nitrogens with one attached hydrogen (secondary N) is 2. The van der Waals surface area contributed by atoms with Crippen molar-refractivity contribution in [1.29, 1.82) is 0 Å². The van der Waals surface area contributed by atoms with Crippen molar-refractivity contribution in [2.24, 2.45) is 0 Å². The molecule has 1 fully saturated rings. The molecule has 1 aliphatic heterocycles. The summed E-state index contributed by atoms with van der Waals surface area (Å²) in [5, 5.41) is 14.4. The van der Waals surface area contributed by atoms with Crippen LogP contribution >= 0.6 is 24.0 Å². The molecule has 132 valence electrons. The molecule has 2 aromatic carbocycles. The molecule has 8 heteroatoms. The number of thioether (sulfide) groups is 1. The molecule has 1 aliphatic rings. The fourth-order valence-electron chi connectivity index (χ4n) is 2.16. The van der Waals surface area contributed by atoms with Crippen LogP contribution in [0.3, 0.4) is 0 Å². The van der Waals surface area contributed by atoms with Crippen LogP contribution in [0.4, 0.5) is 5.69 Å².